The number of hydroxylamine groups is 2. The fourth-order valence-corrected chi connectivity index (χ4v) is 2.63. The second-order valence-electron chi connectivity index (χ2n) is 4.15. The number of H-pyrrole nitrogens is 1. The van der Waals surface area contributed by atoms with E-state index in [2.05, 4.69) is 5.10 Å². The molecule has 0 aromatic carbocycles. The highest BCUT2D eigenvalue weighted by Crippen LogP contribution is 2.42. The highest BCUT2D eigenvalue weighted by atomic mass is 16.6. The molecule has 0 radical (unpaired) electrons. The van der Waals surface area contributed by atoms with Crippen molar-refractivity contribution >= 4 is 0 Å². The molecular weight excluding hydrogens is 202 g/mol. The van der Waals surface area contributed by atoms with Gasteiger partial charge in [-0.15, -0.1) is 0 Å². The molecule has 0 amide bonds. The maximum absolute atomic E-state index is 11.0. The number of nitrogens with one attached hydrogen (secondary N) is 1. The maximum Gasteiger partial charge on any atom is 0.367 e. The van der Waals surface area contributed by atoms with Crippen LogP contribution in [0.4, 0.5) is 0 Å². The van der Waals surface area contributed by atoms with E-state index in [0.29, 0.717) is 37.3 Å². The molecule has 3 rings (SSSR count). The van der Waals surface area contributed by atoms with Crippen LogP contribution < -0.4 is 4.71 Å². The van der Waals surface area contributed by atoms with Crippen LogP contribution in [0.5, 0.6) is 0 Å². The monoisotopic (exact) mass is 214 g/mol. The van der Waals surface area contributed by atoms with E-state index in [1.165, 1.54) is 0 Å². The Bertz CT molecular complexity index is 453. The Morgan fingerprint density at radius 3 is 3.27 bits per heavy atom. The van der Waals surface area contributed by atoms with Gasteiger partial charge in [-0.25, -0.2) is 0 Å². The average Bonchev–Trinajstić information content (AvgIpc) is 2.69. The molecule has 82 valence electrons. The third-order valence-corrected chi connectivity index (χ3v) is 3.39. The van der Waals surface area contributed by atoms with E-state index in [1.807, 2.05) is 0 Å². The first kappa shape index (κ1) is 9.08. The van der Waals surface area contributed by atoms with E-state index in [4.69, 9.17) is 4.52 Å². The summed E-state index contributed by atoms with van der Waals surface area (Å²) in [7, 11) is 0. The Balaban J connectivity index is 2.15. The summed E-state index contributed by atoms with van der Waals surface area (Å²) in [6.45, 7) is 0.401. The number of nitrogens with zero attached hydrogens (tertiary/aromatic N) is 2. The zero-order valence-corrected chi connectivity index (χ0v) is 8.01. The molecule has 1 aliphatic carbocycles. The van der Waals surface area contributed by atoms with Crippen molar-refractivity contribution in [1.29, 1.82) is 0 Å². The summed E-state index contributed by atoms with van der Waals surface area (Å²) < 4.78 is 5.10. The van der Waals surface area contributed by atoms with Gasteiger partial charge in [0.15, 0.2) is 5.69 Å². The van der Waals surface area contributed by atoms with Crippen LogP contribution >= 0.6 is 0 Å². The second-order valence-corrected chi connectivity index (χ2v) is 4.15. The van der Waals surface area contributed by atoms with Gasteiger partial charge >= 0.3 is 4.71 Å². The molecule has 0 bridgehead atoms. The Labute approximate surface area is 84.4 Å². The summed E-state index contributed by atoms with van der Waals surface area (Å²) in [6.07, 6.45) is 1.53. The van der Waals surface area contributed by atoms with Crippen LogP contribution in [0.3, 0.4) is 0 Å². The van der Waals surface area contributed by atoms with Crippen molar-refractivity contribution in [2.75, 3.05) is 6.54 Å². The van der Waals surface area contributed by atoms with Crippen LogP contribution in [0.15, 0.2) is 4.52 Å². The van der Waals surface area contributed by atoms with E-state index in [1.54, 1.807) is 0 Å². The molecule has 2 heterocycles. The molecule has 15 heavy (non-hydrogen) atoms. The lowest BCUT2D eigenvalue weighted by molar-refractivity contribution is -0.753. The number of hydrogen-bond acceptors (Lipinski definition) is 5. The van der Waals surface area contributed by atoms with Gasteiger partial charge in [0.2, 0.25) is 5.76 Å². The lowest BCUT2D eigenvalue weighted by atomic mass is 9.82. The molecule has 0 unspecified atom stereocenters. The minimum absolute atomic E-state index is 0.241. The van der Waals surface area contributed by atoms with Crippen molar-refractivity contribution in [3.05, 3.63) is 16.4 Å². The quantitative estimate of drug-likeness (QED) is 0.521. The summed E-state index contributed by atoms with van der Waals surface area (Å²) in [5.41, 5.74) is -0.771. The molecule has 3 N–H and O–H groups in total. The van der Waals surface area contributed by atoms with Crippen LogP contribution in [0.1, 0.15) is 24.3 Å². The summed E-state index contributed by atoms with van der Waals surface area (Å²) >= 11 is 0. The molecule has 1 aromatic rings. The second kappa shape index (κ2) is 2.69. The van der Waals surface area contributed by atoms with Crippen LogP contribution in [-0.2, 0) is 12.0 Å². The van der Waals surface area contributed by atoms with Crippen molar-refractivity contribution < 1.29 is 19.6 Å². The van der Waals surface area contributed by atoms with Crippen molar-refractivity contribution in [1.82, 2.24) is 10.2 Å². The topological polar surface area (TPSA) is 95.6 Å². The van der Waals surface area contributed by atoms with Crippen molar-refractivity contribution in [2.45, 2.75) is 30.9 Å². The maximum atomic E-state index is 11.0. The molecule has 1 aliphatic heterocycles. The number of hydrogen-bond donors (Lipinski definition) is 3. The predicted octanol–water partition coefficient (Wildman–Crippen LogP) is -0.881. The van der Waals surface area contributed by atoms with E-state index < -0.39 is 5.60 Å². The SMILES string of the molecule is O=[n+]1[nH]c2c(o1)CC[C@H]1N(O)CC[C@]21O. The lowest BCUT2D eigenvalue weighted by Crippen LogP contribution is -2.45. The van der Waals surface area contributed by atoms with Gasteiger partial charge in [-0.05, 0) is 12.8 Å². The van der Waals surface area contributed by atoms with Crippen LogP contribution in [0.25, 0.3) is 0 Å². The van der Waals surface area contributed by atoms with Crippen molar-refractivity contribution in [2.24, 2.45) is 0 Å². The predicted molar refractivity (Wildman–Crippen MR) is 45.5 cm³/mol. The Morgan fingerprint density at radius 2 is 2.47 bits per heavy atom. The first-order valence-electron chi connectivity index (χ1n) is 4.94. The molecule has 1 aromatic heterocycles. The minimum atomic E-state index is -1.18. The van der Waals surface area contributed by atoms with Crippen LogP contribution in [0.2, 0.25) is 0 Å². The molecule has 7 nitrogen and oxygen atoms in total. The number of aryl methyl sites for hydroxylation is 1. The van der Waals surface area contributed by atoms with Crippen LogP contribution in [-0.4, -0.2) is 33.1 Å². The summed E-state index contributed by atoms with van der Waals surface area (Å²) in [4.78, 5) is 11.0. The van der Waals surface area contributed by atoms with Gasteiger partial charge in [0.05, 0.1) is 6.04 Å². The molecular formula is C8H12N3O4+. The number of aromatic nitrogens is 2. The van der Waals surface area contributed by atoms with Gasteiger partial charge in [-0.3, -0.25) is 0 Å². The van der Waals surface area contributed by atoms with Gasteiger partial charge in [-0.2, -0.15) is 9.59 Å². The molecule has 0 spiro atoms. The minimum Gasteiger partial charge on any atom is -0.381 e. The van der Waals surface area contributed by atoms with Gasteiger partial charge in [0.1, 0.15) is 10.5 Å². The van der Waals surface area contributed by atoms with Gasteiger partial charge in [-0.1, -0.05) is 5.10 Å². The Hall–Kier alpha value is -1.18. The van der Waals surface area contributed by atoms with Gasteiger partial charge in [0, 0.05) is 13.0 Å². The third-order valence-electron chi connectivity index (χ3n) is 3.39. The van der Waals surface area contributed by atoms with E-state index in [9.17, 15) is 15.2 Å². The Morgan fingerprint density at radius 1 is 1.67 bits per heavy atom. The standard InChI is InChI=1S/C8H12N3O4/c12-8-3-4-10(13)6(8)2-1-5-7(8)9-11(14)15-5/h6,12-13H,1-4H2,(H,9,14)/q+1/t6-,8-/m1/s1. The first-order chi connectivity index (χ1) is 7.11. The zero-order chi connectivity index (χ0) is 10.6. The average molecular weight is 214 g/mol. The number of fused-ring (bicyclic) bond motifs is 3. The molecule has 1 saturated heterocycles. The summed E-state index contributed by atoms with van der Waals surface area (Å²) in [6, 6.07) is -0.348. The van der Waals surface area contributed by atoms with Crippen molar-refractivity contribution in [3.63, 3.8) is 0 Å². The molecule has 2 aliphatic rings. The summed E-state index contributed by atoms with van der Waals surface area (Å²) in [5.74, 6) is 0.485. The fourth-order valence-electron chi connectivity index (χ4n) is 2.63. The zero-order valence-electron chi connectivity index (χ0n) is 8.01. The highest BCUT2D eigenvalue weighted by Gasteiger charge is 2.54. The smallest absolute Gasteiger partial charge is 0.367 e. The van der Waals surface area contributed by atoms with E-state index in [0.717, 1.165) is 5.06 Å². The highest BCUT2D eigenvalue weighted by molar-refractivity contribution is 5.23. The van der Waals surface area contributed by atoms with Gasteiger partial charge < -0.3 is 10.3 Å². The number of aromatic amines is 1. The molecule has 1 fully saturated rings. The fraction of sp³-hybridized carbons (Fsp3) is 0.750. The molecule has 7 heteroatoms. The molecule has 0 saturated carbocycles. The molecule has 2 atom stereocenters. The number of aliphatic hydroxyl groups is 1. The van der Waals surface area contributed by atoms with Crippen molar-refractivity contribution in [3.8, 4) is 0 Å². The van der Waals surface area contributed by atoms with Gasteiger partial charge in [0.25, 0.3) is 0 Å². The lowest BCUT2D eigenvalue weighted by Gasteiger charge is -2.32. The van der Waals surface area contributed by atoms with E-state index >= 15 is 0 Å². The largest absolute Gasteiger partial charge is 0.381 e. The number of rotatable bonds is 0. The van der Waals surface area contributed by atoms with E-state index in [-0.39, 0.29) is 10.8 Å². The third kappa shape index (κ3) is 1.05. The summed E-state index contributed by atoms with van der Waals surface area (Å²) in [5, 5.41) is 23.5. The Kier molecular flexibility index (Phi) is 1.63. The first-order valence-corrected chi connectivity index (χ1v) is 4.94. The normalized spacial score (nSPS) is 35.2. The van der Waals surface area contributed by atoms with Crippen LogP contribution in [0, 0.1) is 4.91 Å².